The van der Waals surface area contributed by atoms with Crippen LogP contribution in [0.25, 0.3) is 0 Å². The highest BCUT2D eigenvalue weighted by atomic mass is 16.5. The van der Waals surface area contributed by atoms with Crippen molar-refractivity contribution in [3.63, 3.8) is 0 Å². The second kappa shape index (κ2) is 5.85. The molecule has 0 amide bonds. The van der Waals surface area contributed by atoms with E-state index < -0.39 is 0 Å². The van der Waals surface area contributed by atoms with Gasteiger partial charge in [0.1, 0.15) is 0 Å². The van der Waals surface area contributed by atoms with Gasteiger partial charge in [0, 0.05) is 6.61 Å². The van der Waals surface area contributed by atoms with Crippen LogP contribution in [0.1, 0.15) is 44.6 Å². The summed E-state index contributed by atoms with van der Waals surface area (Å²) in [5, 5.41) is 0. The predicted octanol–water partition coefficient (Wildman–Crippen LogP) is 3.32. The SMILES string of the molecule is CC1(C)CC(C(CCN)c2ccccc2)CCO1. The maximum Gasteiger partial charge on any atom is 0.0629 e. The van der Waals surface area contributed by atoms with Gasteiger partial charge in [0.15, 0.2) is 0 Å². The number of benzene rings is 1. The molecular formula is C16H25NO. The first-order chi connectivity index (χ1) is 8.62. The van der Waals surface area contributed by atoms with E-state index in [1.165, 1.54) is 5.56 Å². The third-order valence-corrected chi connectivity index (χ3v) is 4.01. The second-order valence-corrected chi connectivity index (χ2v) is 5.96. The molecule has 2 atom stereocenters. The molecule has 2 heteroatoms. The van der Waals surface area contributed by atoms with E-state index in [-0.39, 0.29) is 5.60 Å². The van der Waals surface area contributed by atoms with Gasteiger partial charge >= 0.3 is 0 Å². The molecule has 1 aliphatic heterocycles. The molecule has 0 saturated carbocycles. The zero-order valence-electron chi connectivity index (χ0n) is 11.6. The summed E-state index contributed by atoms with van der Waals surface area (Å²) in [6.45, 7) is 6.04. The van der Waals surface area contributed by atoms with E-state index in [0.717, 1.165) is 32.4 Å². The number of hydrogen-bond acceptors (Lipinski definition) is 2. The van der Waals surface area contributed by atoms with Crippen molar-refractivity contribution in [1.29, 1.82) is 0 Å². The second-order valence-electron chi connectivity index (χ2n) is 5.96. The number of hydrogen-bond donors (Lipinski definition) is 1. The van der Waals surface area contributed by atoms with Crippen molar-refractivity contribution < 1.29 is 4.74 Å². The molecule has 18 heavy (non-hydrogen) atoms. The highest BCUT2D eigenvalue weighted by Gasteiger charge is 2.33. The molecule has 2 nitrogen and oxygen atoms in total. The van der Waals surface area contributed by atoms with Crippen LogP contribution in [0.4, 0.5) is 0 Å². The maximum absolute atomic E-state index is 5.83. The Morgan fingerprint density at radius 3 is 2.67 bits per heavy atom. The Morgan fingerprint density at radius 2 is 2.06 bits per heavy atom. The van der Waals surface area contributed by atoms with Crippen molar-refractivity contribution >= 4 is 0 Å². The normalized spacial score (nSPS) is 24.7. The summed E-state index contributed by atoms with van der Waals surface area (Å²) in [6.07, 6.45) is 3.36. The first kappa shape index (κ1) is 13.6. The molecule has 1 heterocycles. The molecule has 2 unspecified atom stereocenters. The van der Waals surface area contributed by atoms with Crippen molar-refractivity contribution in [2.45, 2.75) is 44.6 Å². The van der Waals surface area contributed by atoms with Crippen LogP contribution in [0, 0.1) is 5.92 Å². The Bertz CT molecular complexity index is 361. The molecule has 1 aromatic rings. The molecule has 1 saturated heterocycles. The summed E-state index contributed by atoms with van der Waals surface area (Å²) in [5.41, 5.74) is 7.26. The Morgan fingerprint density at radius 1 is 1.33 bits per heavy atom. The van der Waals surface area contributed by atoms with Crippen LogP contribution in [-0.4, -0.2) is 18.8 Å². The smallest absolute Gasteiger partial charge is 0.0629 e. The summed E-state index contributed by atoms with van der Waals surface area (Å²) in [7, 11) is 0. The molecule has 1 aromatic carbocycles. The van der Waals surface area contributed by atoms with Crippen molar-refractivity contribution in [2.75, 3.05) is 13.2 Å². The van der Waals surface area contributed by atoms with Crippen molar-refractivity contribution in [2.24, 2.45) is 11.7 Å². The zero-order valence-corrected chi connectivity index (χ0v) is 11.6. The minimum absolute atomic E-state index is 0.0184. The van der Waals surface area contributed by atoms with Gasteiger partial charge in [-0.05, 0) is 57.1 Å². The third-order valence-electron chi connectivity index (χ3n) is 4.01. The van der Waals surface area contributed by atoms with Crippen LogP contribution in [-0.2, 0) is 4.74 Å². The van der Waals surface area contributed by atoms with Gasteiger partial charge in [-0.3, -0.25) is 0 Å². The molecule has 0 aromatic heterocycles. The molecule has 0 aliphatic carbocycles. The number of rotatable bonds is 4. The topological polar surface area (TPSA) is 35.2 Å². The van der Waals surface area contributed by atoms with Crippen LogP contribution < -0.4 is 5.73 Å². The van der Waals surface area contributed by atoms with Crippen LogP contribution >= 0.6 is 0 Å². The highest BCUT2D eigenvalue weighted by molar-refractivity contribution is 5.20. The lowest BCUT2D eigenvalue weighted by atomic mass is 9.75. The van der Waals surface area contributed by atoms with Gasteiger partial charge in [-0.25, -0.2) is 0 Å². The Balaban J connectivity index is 2.15. The summed E-state index contributed by atoms with van der Waals surface area (Å²) in [5.74, 6) is 1.28. The predicted molar refractivity (Wildman–Crippen MR) is 75.6 cm³/mol. The first-order valence-electron chi connectivity index (χ1n) is 7.01. The van der Waals surface area contributed by atoms with E-state index in [2.05, 4.69) is 44.2 Å². The molecular weight excluding hydrogens is 222 g/mol. The standard InChI is InChI=1S/C16H25NO/c1-16(2)12-14(9-11-18-16)15(8-10-17)13-6-4-3-5-7-13/h3-7,14-15H,8-12,17H2,1-2H3. The molecule has 0 radical (unpaired) electrons. The Hall–Kier alpha value is -0.860. The summed E-state index contributed by atoms with van der Waals surface area (Å²) in [4.78, 5) is 0. The fourth-order valence-corrected chi connectivity index (χ4v) is 3.18. The minimum Gasteiger partial charge on any atom is -0.376 e. The van der Waals surface area contributed by atoms with Gasteiger partial charge < -0.3 is 10.5 Å². The largest absolute Gasteiger partial charge is 0.376 e. The van der Waals surface area contributed by atoms with Gasteiger partial charge in [0.25, 0.3) is 0 Å². The summed E-state index contributed by atoms with van der Waals surface area (Å²) in [6, 6.07) is 10.8. The Labute approximate surface area is 111 Å². The van der Waals surface area contributed by atoms with Crippen LogP contribution in [0.3, 0.4) is 0 Å². The molecule has 2 N–H and O–H groups in total. The lowest BCUT2D eigenvalue weighted by Gasteiger charge is -2.39. The fraction of sp³-hybridized carbons (Fsp3) is 0.625. The molecule has 1 fully saturated rings. The minimum atomic E-state index is 0.0184. The zero-order chi connectivity index (χ0) is 13.0. The van der Waals surface area contributed by atoms with Crippen molar-refractivity contribution in [3.05, 3.63) is 35.9 Å². The fourth-order valence-electron chi connectivity index (χ4n) is 3.18. The van der Waals surface area contributed by atoms with Crippen molar-refractivity contribution in [1.82, 2.24) is 0 Å². The Kier molecular flexibility index (Phi) is 4.41. The molecule has 0 bridgehead atoms. The van der Waals surface area contributed by atoms with Gasteiger partial charge in [0.05, 0.1) is 5.60 Å². The van der Waals surface area contributed by atoms with Crippen LogP contribution in [0.2, 0.25) is 0 Å². The van der Waals surface area contributed by atoms with E-state index in [1.54, 1.807) is 0 Å². The van der Waals surface area contributed by atoms with Crippen LogP contribution in [0.5, 0.6) is 0 Å². The highest BCUT2D eigenvalue weighted by Crippen LogP contribution is 2.39. The molecule has 100 valence electrons. The van der Waals surface area contributed by atoms with Gasteiger partial charge in [0.2, 0.25) is 0 Å². The van der Waals surface area contributed by atoms with Crippen LogP contribution in [0.15, 0.2) is 30.3 Å². The van der Waals surface area contributed by atoms with E-state index >= 15 is 0 Å². The number of ether oxygens (including phenoxy) is 1. The summed E-state index contributed by atoms with van der Waals surface area (Å²) < 4.78 is 5.83. The maximum atomic E-state index is 5.83. The number of nitrogens with two attached hydrogens (primary N) is 1. The lowest BCUT2D eigenvalue weighted by molar-refractivity contribution is -0.0771. The van der Waals surface area contributed by atoms with E-state index in [1.807, 2.05) is 0 Å². The quantitative estimate of drug-likeness (QED) is 0.885. The molecule has 1 aliphatic rings. The molecule has 2 rings (SSSR count). The monoisotopic (exact) mass is 247 g/mol. The third kappa shape index (κ3) is 3.33. The van der Waals surface area contributed by atoms with Gasteiger partial charge in [-0.15, -0.1) is 0 Å². The lowest BCUT2D eigenvalue weighted by Crippen LogP contribution is -2.36. The van der Waals surface area contributed by atoms with E-state index in [4.69, 9.17) is 10.5 Å². The molecule has 0 spiro atoms. The van der Waals surface area contributed by atoms with Crippen molar-refractivity contribution in [3.8, 4) is 0 Å². The van der Waals surface area contributed by atoms with E-state index in [9.17, 15) is 0 Å². The first-order valence-corrected chi connectivity index (χ1v) is 7.01. The van der Waals surface area contributed by atoms with E-state index in [0.29, 0.717) is 11.8 Å². The van der Waals surface area contributed by atoms with Gasteiger partial charge in [-0.1, -0.05) is 30.3 Å². The average Bonchev–Trinajstić information content (AvgIpc) is 2.36. The van der Waals surface area contributed by atoms with Gasteiger partial charge in [-0.2, -0.15) is 0 Å². The summed E-state index contributed by atoms with van der Waals surface area (Å²) >= 11 is 0. The average molecular weight is 247 g/mol.